The van der Waals surface area contributed by atoms with Crippen molar-refractivity contribution in [1.29, 1.82) is 0 Å². The molecule has 9 rings (SSSR count). The average molecular weight is 613 g/mol. The van der Waals surface area contributed by atoms with Gasteiger partial charge in [-0.15, -0.1) is 0 Å². The summed E-state index contributed by atoms with van der Waals surface area (Å²) in [6.07, 6.45) is 17.4. The molecule has 0 amide bonds. The van der Waals surface area contributed by atoms with Gasteiger partial charge in [0.15, 0.2) is 0 Å². The summed E-state index contributed by atoms with van der Waals surface area (Å²) in [5.74, 6) is 3.98. The summed E-state index contributed by atoms with van der Waals surface area (Å²) in [5, 5.41) is 33.0. The molecule has 9 aliphatic rings. The minimum absolute atomic E-state index is 0.0121. The predicted molar refractivity (Wildman–Crippen MR) is 171 cm³/mol. The maximum atomic E-state index is 6.98. The molecule has 44 heavy (non-hydrogen) atoms. The van der Waals surface area contributed by atoms with Crippen molar-refractivity contribution in [2.45, 2.75) is 151 Å². The van der Waals surface area contributed by atoms with Crippen molar-refractivity contribution in [3.63, 3.8) is 0 Å². The molecule has 0 aromatic heterocycles. The van der Waals surface area contributed by atoms with Gasteiger partial charge in [-0.3, -0.25) is 42.5 Å². The summed E-state index contributed by atoms with van der Waals surface area (Å²) in [7, 11) is 0. The van der Waals surface area contributed by atoms with Crippen LogP contribution in [0.3, 0.4) is 0 Å². The van der Waals surface area contributed by atoms with Crippen LogP contribution < -0.4 is 65.5 Å². The number of fused-ring (bicyclic) bond motifs is 20. The van der Waals surface area contributed by atoms with Crippen molar-refractivity contribution < 1.29 is 0 Å². The highest BCUT2D eigenvalue weighted by Crippen LogP contribution is 2.45. The third-order valence-electron chi connectivity index (χ3n) is 14.5. The summed E-state index contributed by atoms with van der Waals surface area (Å²) in [6, 6.07) is -1.07. The topological polar surface area (TPSA) is 200 Å². The Morgan fingerprint density at radius 2 is 0.477 bits per heavy atom. The molecule has 20 atom stereocenters. The molecule has 12 heteroatoms. The first-order valence-electron chi connectivity index (χ1n) is 18.6. The molecule has 4 aliphatic carbocycles. The molecule has 20 unspecified atom stereocenters. The Hall–Kier alpha value is -0.480. The van der Waals surface area contributed by atoms with Crippen LogP contribution in [-0.2, 0) is 0 Å². The van der Waals surface area contributed by atoms with E-state index in [2.05, 4.69) is 42.5 Å². The first-order valence-corrected chi connectivity index (χ1v) is 18.6. The fourth-order valence-corrected chi connectivity index (χ4v) is 12.3. The Labute approximate surface area is 263 Å². The standard InChI is InChI=1S/C32H60N12/c33-21-19-20(22(34)24(36)23(21)35)32-43-30-18-12-6-4-10-16(18)28(41-30)39-26-14-8-2-1-7-13(14)25(37-26)38-27-15-9-3-5-11-17(15)29(40-27)42-31(19)44-32/h13-32,37-44H,1-12,33-36H2. The van der Waals surface area contributed by atoms with Gasteiger partial charge >= 0.3 is 0 Å². The highest BCUT2D eigenvalue weighted by molar-refractivity contribution is 5.16. The lowest BCUT2D eigenvalue weighted by Gasteiger charge is -2.47. The maximum absolute atomic E-state index is 6.98. The third kappa shape index (κ3) is 4.69. The molecule has 248 valence electrons. The largest absolute Gasteiger partial charge is 0.326 e. The van der Waals surface area contributed by atoms with Gasteiger partial charge in [0, 0.05) is 36.0 Å². The number of nitrogens with one attached hydrogen (secondary N) is 8. The van der Waals surface area contributed by atoms with Crippen LogP contribution in [-0.4, -0.2) is 73.5 Å². The van der Waals surface area contributed by atoms with Crippen LogP contribution in [0.1, 0.15) is 77.0 Å². The molecule has 9 fully saturated rings. The van der Waals surface area contributed by atoms with Crippen LogP contribution in [0.15, 0.2) is 0 Å². The van der Waals surface area contributed by atoms with Crippen LogP contribution in [0, 0.1) is 47.3 Å². The minimum atomic E-state index is -0.315. The fraction of sp³-hybridized carbons (Fsp3) is 1.00. The first-order chi connectivity index (χ1) is 21.5. The van der Waals surface area contributed by atoms with Gasteiger partial charge in [-0.2, -0.15) is 0 Å². The Balaban J connectivity index is 1.08. The van der Waals surface area contributed by atoms with Gasteiger partial charge in [0.05, 0.1) is 49.3 Å². The number of nitrogens with two attached hydrogens (primary N) is 4. The molecule has 8 bridgehead atoms. The van der Waals surface area contributed by atoms with E-state index in [1.54, 1.807) is 0 Å². The maximum Gasteiger partial charge on any atom is 0.0644 e. The normalized spacial score (nSPS) is 60.3. The van der Waals surface area contributed by atoms with Crippen molar-refractivity contribution in [2.24, 2.45) is 70.3 Å². The van der Waals surface area contributed by atoms with Crippen LogP contribution in [0.5, 0.6) is 0 Å². The van der Waals surface area contributed by atoms with E-state index < -0.39 is 0 Å². The van der Waals surface area contributed by atoms with E-state index >= 15 is 0 Å². The van der Waals surface area contributed by atoms with Crippen molar-refractivity contribution in [1.82, 2.24) is 42.5 Å². The zero-order valence-corrected chi connectivity index (χ0v) is 26.3. The average Bonchev–Trinajstić information content (AvgIpc) is 3.78. The van der Waals surface area contributed by atoms with Crippen molar-refractivity contribution in [3.05, 3.63) is 0 Å². The Bertz CT molecular complexity index is 971. The monoisotopic (exact) mass is 613 g/mol. The van der Waals surface area contributed by atoms with E-state index in [-0.39, 0.29) is 60.7 Å². The van der Waals surface area contributed by atoms with Crippen LogP contribution >= 0.6 is 0 Å². The second kappa shape index (κ2) is 11.6. The van der Waals surface area contributed by atoms with E-state index in [0.717, 1.165) is 0 Å². The van der Waals surface area contributed by atoms with Crippen molar-refractivity contribution in [3.8, 4) is 0 Å². The van der Waals surface area contributed by atoms with Crippen LogP contribution in [0.25, 0.3) is 0 Å². The van der Waals surface area contributed by atoms with Crippen LogP contribution in [0.4, 0.5) is 0 Å². The molecule has 12 nitrogen and oxygen atoms in total. The lowest BCUT2D eigenvalue weighted by molar-refractivity contribution is 0.113. The van der Waals surface area contributed by atoms with Gasteiger partial charge in [0.25, 0.3) is 0 Å². The summed E-state index contributed by atoms with van der Waals surface area (Å²) in [5.41, 5.74) is 27.3. The Morgan fingerprint density at radius 3 is 0.727 bits per heavy atom. The minimum Gasteiger partial charge on any atom is -0.326 e. The number of hydrogen-bond donors (Lipinski definition) is 12. The fourth-order valence-electron chi connectivity index (χ4n) is 12.3. The molecule has 5 aliphatic heterocycles. The lowest BCUT2D eigenvalue weighted by atomic mass is 9.68. The summed E-state index contributed by atoms with van der Waals surface area (Å²) >= 11 is 0. The molecule has 0 spiro atoms. The molecule has 0 aromatic rings. The molecular formula is C32H60N12. The highest BCUT2D eigenvalue weighted by atomic mass is 15.4. The number of hydrogen-bond acceptors (Lipinski definition) is 12. The van der Waals surface area contributed by atoms with E-state index in [4.69, 9.17) is 22.9 Å². The molecule has 0 aromatic carbocycles. The number of rotatable bonds is 0. The molecular weight excluding hydrogens is 552 g/mol. The first kappa shape index (κ1) is 29.6. The predicted octanol–water partition coefficient (Wildman–Crippen LogP) is -1.65. The Morgan fingerprint density at radius 1 is 0.273 bits per heavy atom. The van der Waals surface area contributed by atoms with E-state index in [1.807, 2.05) is 0 Å². The van der Waals surface area contributed by atoms with Gasteiger partial charge < -0.3 is 22.9 Å². The molecule has 5 heterocycles. The van der Waals surface area contributed by atoms with Gasteiger partial charge in [-0.1, -0.05) is 38.5 Å². The van der Waals surface area contributed by atoms with Crippen molar-refractivity contribution >= 4 is 0 Å². The molecule has 0 radical (unpaired) electrons. The van der Waals surface area contributed by atoms with E-state index in [9.17, 15) is 0 Å². The third-order valence-corrected chi connectivity index (χ3v) is 14.5. The molecule has 4 saturated carbocycles. The molecule has 5 saturated heterocycles. The quantitative estimate of drug-likeness (QED) is 0.149. The van der Waals surface area contributed by atoms with E-state index in [1.165, 1.54) is 77.0 Å². The summed E-state index contributed by atoms with van der Waals surface area (Å²) in [6.45, 7) is 0. The lowest BCUT2D eigenvalue weighted by Crippen LogP contribution is -2.72. The van der Waals surface area contributed by atoms with Crippen molar-refractivity contribution in [2.75, 3.05) is 0 Å². The SMILES string of the molecule is NC1C(N)C(N)C2C3NC4NC(NC5NC(NC6NC(NC(N3)C2C1N)C1CCCCC61)C1CCCCC51)C1CCCCC41. The van der Waals surface area contributed by atoms with Gasteiger partial charge in [-0.05, 0) is 74.0 Å². The highest BCUT2D eigenvalue weighted by Gasteiger charge is 2.59. The second-order valence-electron chi connectivity index (χ2n) is 16.5. The zero-order chi connectivity index (χ0) is 29.7. The Kier molecular flexibility index (Phi) is 7.81. The smallest absolute Gasteiger partial charge is 0.0644 e. The van der Waals surface area contributed by atoms with Gasteiger partial charge in [-0.25, -0.2) is 0 Å². The summed E-state index contributed by atoms with van der Waals surface area (Å²) in [4.78, 5) is 0. The zero-order valence-electron chi connectivity index (χ0n) is 26.3. The van der Waals surface area contributed by atoms with Gasteiger partial charge in [0.2, 0.25) is 0 Å². The second-order valence-corrected chi connectivity index (χ2v) is 16.5. The van der Waals surface area contributed by atoms with Gasteiger partial charge in [0.1, 0.15) is 0 Å². The molecule has 16 N–H and O–H groups in total. The summed E-state index contributed by atoms with van der Waals surface area (Å²) < 4.78 is 0. The van der Waals surface area contributed by atoms with E-state index in [0.29, 0.717) is 60.2 Å². The van der Waals surface area contributed by atoms with Crippen LogP contribution in [0.2, 0.25) is 0 Å².